The Kier molecular flexibility index (Phi) is 6.48. The van der Waals surface area contributed by atoms with Gasteiger partial charge in [-0.15, -0.1) is 0 Å². The molecule has 0 spiro atoms. The maximum Gasteiger partial charge on any atom is 0.0479 e. The van der Waals surface area contributed by atoms with E-state index in [9.17, 15) is 0 Å². The Morgan fingerprint density at radius 3 is 2.29 bits per heavy atom. The van der Waals surface area contributed by atoms with Crippen LogP contribution in [0.1, 0.15) is 20.3 Å². The van der Waals surface area contributed by atoms with E-state index in [2.05, 4.69) is 48.3 Å². The van der Waals surface area contributed by atoms with Gasteiger partial charge in [0.2, 0.25) is 0 Å². The summed E-state index contributed by atoms with van der Waals surface area (Å²) in [5, 5.41) is 3.38. The number of nitrogens with zero attached hydrogens (tertiary/aromatic N) is 1. The molecule has 0 fully saturated rings. The lowest BCUT2D eigenvalue weighted by molar-refractivity contribution is 0.198. The molecule has 1 N–H and O–H groups in total. The summed E-state index contributed by atoms with van der Waals surface area (Å²) in [6.45, 7) is 8.23. The molecule has 0 unspecified atom stereocenters. The summed E-state index contributed by atoms with van der Waals surface area (Å²) >= 11 is 0. The first-order valence-electron chi connectivity index (χ1n) is 6.39. The quantitative estimate of drug-likeness (QED) is 0.702. The highest BCUT2D eigenvalue weighted by atomic mass is 16.5. The van der Waals surface area contributed by atoms with Crippen LogP contribution in [-0.4, -0.2) is 33.4 Å². The molecule has 3 heteroatoms. The molecule has 0 heterocycles. The SMILES string of the molecule is CCN(CC)c1ccc(NCCCOC)cc1. The smallest absolute Gasteiger partial charge is 0.0479 e. The van der Waals surface area contributed by atoms with Crippen LogP contribution in [0.5, 0.6) is 0 Å². The third-order valence-corrected chi connectivity index (χ3v) is 2.85. The molecule has 3 nitrogen and oxygen atoms in total. The second-order valence-electron chi connectivity index (χ2n) is 3.99. The van der Waals surface area contributed by atoms with Gasteiger partial charge in [0, 0.05) is 44.7 Å². The number of benzene rings is 1. The van der Waals surface area contributed by atoms with Gasteiger partial charge in [-0.05, 0) is 44.5 Å². The van der Waals surface area contributed by atoms with Crippen molar-refractivity contribution in [3.8, 4) is 0 Å². The zero-order valence-electron chi connectivity index (χ0n) is 11.2. The Labute approximate surface area is 105 Å². The molecule has 0 amide bonds. The highest BCUT2D eigenvalue weighted by molar-refractivity contribution is 5.54. The van der Waals surface area contributed by atoms with Crippen LogP contribution in [0.15, 0.2) is 24.3 Å². The van der Waals surface area contributed by atoms with Gasteiger partial charge in [-0.2, -0.15) is 0 Å². The van der Waals surface area contributed by atoms with Crippen molar-refractivity contribution in [3.05, 3.63) is 24.3 Å². The third kappa shape index (κ3) is 4.65. The molecule has 0 aliphatic carbocycles. The van der Waals surface area contributed by atoms with Crippen LogP contribution >= 0.6 is 0 Å². The first kappa shape index (κ1) is 13.8. The number of anilines is 2. The van der Waals surface area contributed by atoms with E-state index in [0.717, 1.165) is 32.7 Å². The lowest BCUT2D eigenvalue weighted by Crippen LogP contribution is -2.21. The van der Waals surface area contributed by atoms with Crippen molar-refractivity contribution in [3.63, 3.8) is 0 Å². The topological polar surface area (TPSA) is 24.5 Å². The lowest BCUT2D eigenvalue weighted by Gasteiger charge is -2.21. The maximum absolute atomic E-state index is 5.01. The molecule has 0 aliphatic heterocycles. The number of hydrogen-bond acceptors (Lipinski definition) is 3. The van der Waals surface area contributed by atoms with Crippen LogP contribution in [0, 0.1) is 0 Å². The van der Waals surface area contributed by atoms with Gasteiger partial charge in [0.15, 0.2) is 0 Å². The van der Waals surface area contributed by atoms with Gasteiger partial charge in [0.05, 0.1) is 0 Å². The standard InChI is InChI=1S/C14H24N2O/c1-4-16(5-2)14-9-7-13(8-10-14)15-11-6-12-17-3/h7-10,15H,4-6,11-12H2,1-3H3. The minimum atomic E-state index is 0.810. The Bertz CT molecular complexity index is 294. The monoisotopic (exact) mass is 236 g/mol. The number of rotatable bonds is 8. The van der Waals surface area contributed by atoms with E-state index in [4.69, 9.17) is 4.74 Å². The molecule has 0 saturated heterocycles. The van der Waals surface area contributed by atoms with Gasteiger partial charge in [0.25, 0.3) is 0 Å². The van der Waals surface area contributed by atoms with Gasteiger partial charge in [0.1, 0.15) is 0 Å². The van der Waals surface area contributed by atoms with Crippen molar-refractivity contribution in [1.29, 1.82) is 0 Å². The zero-order chi connectivity index (χ0) is 12.5. The Morgan fingerprint density at radius 2 is 1.76 bits per heavy atom. The second kappa shape index (κ2) is 7.96. The van der Waals surface area contributed by atoms with Crippen molar-refractivity contribution in [2.75, 3.05) is 43.6 Å². The van der Waals surface area contributed by atoms with Crippen LogP contribution in [0.3, 0.4) is 0 Å². The fourth-order valence-electron chi connectivity index (χ4n) is 1.83. The Balaban J connectivity index is 2.44. The molecule has 17 heavy (non-hydrogen) atoms. The molecular formula is C14H24N2O. The predicted octanol–water partition coefficient (Wildman–Crippen LogP) is 2.98. The summed E-state index contributed by atoms with van der Waals surface area (Å²) in [5.74, 6) is 0. The molecule has 96 valence electrons. The fourth-order valence-corrected chi connectivity index (χ4v) is 1.83. The highest BCUT2D eigenvalue weighted by Crippen LogP contribution is 2.17. The number of ether oxygens (including phenoxy) is 1. The molecule has 1 aromatic carbocycles. The van der Waals surface area contributed by atoms with Crippen molar-refractivity contribution in [2.45, 2.75) is 20.3 Å². The molecule has 1 aromatic rings. The second-order valence-corrected chi connectivity index (χ2v) is 3.99. The van der Waals surface area contributed by atoms with Crippen molar-refractivity contribution < 1.29 is 4.74 Å². The maximum atomic E-state index is 5.01. The summed E-state index contributed by atoms with van der Waals surface area (Å²) in [4.78, 5) is 2.34. The molecular weight excluding hydrogens is 212 g/mol. The van der Waals surface area contributed by atoms with Crippen LogP contribution in [-0.2, 0) is 4.74 Å². The highest BCUT2D eigenvalue weighted by Gasteiger charge is 2.00. The lowest BCUT2D eigenvalue weighted by atomic mass is 10.2. The van der Waals surface area contributed by atoms with Gasteiger partial charge in [-0.1, -0.05) is 0 Å². The fraction of sp³-hybridized carbons (Fsp3) is 0.571. The third-order valence-electron chi connectivity index (χ3n) is 2.85. The predicted molar refractivity (Wildman–Crippen MR) is 75.0 cm³/mol. The number of nitrogens with one attached hydrogen (secondary N) is 1. The molecule has 0 bridgehead atoms. The first-order chi connectivity index (χ1) is 8.31. The van der Waals surface area contributed by atoms with E-state index in [-0.39, 0.29) is 0 Å². The van der Waals surface area contributed by atoms with E-state index in [0.29, 0.717) is 0 Å². The van der Waals surface area contributed by atoms with E-state index in [1.807, 2.05) is 0 Å². The molecule has 0 radical (unpaired) electrons. The molecule has 0 atom stereocenters. The minimum Gasteiger partial charge on any atom is -0.385 e. The Morgan fingerprint density at radius 1 is 1.12 bits per heavy atom. The van der Waals surface area contributed by atoms with Crippen LogP contribution < -0.4 is 10.2 Å². The summed E-state index contributed by atoms with van der Waals surface area (Å²) in [7, 11) is 1.73. The van der Waals surface area contributed by atoms with Crippen LogP contribution in [0.4, 0.5) is 11.4 Å². The van der Waals surface area contributed by atoms with Crippen molar-refractivity contribution in [1.82, 2.24) is 0 Å². The average molecular weight is 236 g/mol. The number of methoxy groups -OCH3 is 1. The summed E-state index contributed by atoms with van der Waals surface area (Å²) in [6.07, 6.45) is 1.04. The van der Waals surface area contributed by atoms with Gasteiger partial charge in [-0.3, -0.25) is 0 Å². The Hall–Kier alpha value is -1.22. The molecule has 1 rings (SSSR count). The van der Waals surface area contributed by atoms with E-state index in [1.165, 1.54) is 11.4 Å². The van der Waals surface area contributed by atoms with Crippen LogP contribution in [0.25, 0.3) is 0 Å². The van der Waals surface area contributed by atoms with E-state index >= 15 is 0 Å². The van der Waals surface area contributed by atoms with Crippen molar-refractivity contribution in [2.24, 2.45) is 0 Å². The first-order valence-corrected chi connectivity index (χ1v) is 6.39. The number of hydrogen-bond donors (Lipinski definition) is 1. The van der Waals surface area contributed by atoms with Crippen LogP contribution in [0.2, 0.25) is 0 Å². The summed E-state index contributed by atoms with van der Waals surface area (Å²) < 4.78 is 5.01. The normalized spacial score (nSPS) is 10.3. The summed E-state index contributed by atoms with van der Waals surface area (Å²) in [5.41, 5.74) is 2.47. The molecule has 0 saturated carbocycles. The average Bonchev–Trinajstić information content (AvgIpc) is 2.38. The summed E-state index contributed by atoms with van der Waals surface area (Å²) in [6, 6.07) is 8.62. The largest absolute Gasteiger partial charge is 0.385 e. The minimum absolute atomic E-state index is 0.810. The van der Waals surface area contributed by atoms with E-state index in [1.54, 1.807) is 7.11 Å². The van der Waals surface area contributed by atoms with Gasteiger partial charge >= 0.3 is 0 Å². The molecule has 0 aromatic heterocycles. The van der Waals surface area contributed by atoms with E-state index < -0.39 is 0 Å². The van der Waals surface area contributed by atoms with Gasteiger partial charge in [-0.25, -0.2) is 0 Å². The zero-order valence-corrected chi connectivity index (χ0v) is 11.2. The van der Waals surface area contributed by atoms with Gasteiger partial charge < -0.3 is 15.0 Å². The molecule has 0 aliphatic rings. The van der Waals surface area contributed by atoms with Crippen molar-refractivity contribution >= 4 is 11.4 Å².